The van der Waals surface area contributed by atoms with Gasteiger partial charge in [-0.25, -0.2) is 45.9 Å². The number of nitrogens with one attached hydrogen (secondary N) is 3. The molecule has 25 heteroatoms. The van der Waals surface area contributed by atoms with E-state index in [1.807, 2.05) is 0 Å². The first-order valence-corrected chi connectivity index (χ1v) is 23.9. The lowest BCUT2D eigenvalue weighted by Crippen LogP contribution is -2.10. The van der Waals surface area contributed by atoms with Gasteiger partial charge in [0.25, 0.3) is 0 Å². The van der Waals surface area contributed by atoms with Crippen LogP contribution < -0.4 is 21.1 Å². The Balaban J connectivity index is 0.000000183. The van der Waals surface area contributed by atoms with Crippen LogP contribution in [0.5, 0.6) is 11.5 Å². The van der Waals surface area contributed by atoms with Gasteiger partial charge in [0.1, 0.15) is 58.4 Å². The Morgan fingerprint density at radius 1 is 0.595 bits per heavy atom. The number of anilines is 4. The Hall–Kier alpha value is -9.65. The number of nitrogen functional groups attached to an aromatic ring is 1. The van der Waals surface area contributed by atoms with Gasteiger partial charge in [0, 0.05) is 36.3 Å². The number of aromatic nitrogens is 10. The van der Waals surface area contributed by atoms with Crippen molar-refractivity contribution in [1.82, 2.24) is 49.8 Å². The summed E-state index contributed by atoms with van der Waals surface area (Å²) in [7, 11) is -3.57. The lowest BCUT2D eigenvalue weighted by molar-refractivity contribution is 0.421. The molecule has 10 rings (SSSR count). The Kier molecular flexibility index (Phi) is 14.2. The van der Waals surface area contributed by atoms with Gasteiger partial charge in [-0.05, 0) is 59.7 Å². The van der Waals surface area contributed by atoms with Crippen molar-refractivity contribution >= 4 is 33.0 Å². The van der Waals surface area contributed by atoms with E-state index in [4.69, 9.17) is 14.8 Å². The summed E-state index contributed by atoms with van der Waals surface area (Å²) in [6.07, 6.45) is 5.81. The van der Waals surface area contributed by atoms with Gasteiger partial charge in [0.2, 0.25) is 10.0 Å². The van der Waals surface area contributed by atoms with Crippen LogP contribution in [0.15, 0.2) is 143 Å². The van der Waals surface area contributed by atoms with Crippen LogP contribution in [0.25, 0.3) is 45.8 Å². The number of rotatable bonds is 16. The van der Waals surface area contributed by atoms with Gasteiger partial charge in [-0.2, -0.15) is 10.2 Å². The number of phenols is 2. The number of phenolic OH excluding ortho intramolecular Hbond substituents is 2. The average molecular weight is 1030 g/mol. The van der Waals surface area contributed by atoms with Crippen LogP contribution in [-0.2, 0) is 36.2 Å². The molecule has 4 aromatic carbocycles. The fraction of sp³-hybridized carbons (Fsp3) is 0.102. The normalized spacial score (nSPS) is 11.3. The van der Waals surface area contributed by atoms with Crippen LogP contribution in [0.4, 0.5) is 40.6 Å². The van der Waals surface area contributed by atoms with Crippen molar-refractivity contribution < 1.29 is 45.2 Å². The second-order valence-corrected chi connectivity index (χ2v) is 18.0. The molecule has 0 fully saturated rings. The molecule has 10 aromatic rings. The molecule has 74 heavy (non-hydrogen) atoms. The summed E-state index contributed by atoms with van der Waals surface area (Å²) in [4.78, 5) is 16.7. The van der Waals surface area contributed by atoms with Crippen molar-refractivity contribution in [3.8, 4) is 57.3 Å². The zero-order chi connectivity index (χ0) is 51.9. The molecular formula is C49H40F4N14O6S. The summed E-state index contributed by atoms with van der Waals surface area (Å²) in [5.74, 6) is -2.39. The molecule has 0 spiro atoms. The van der Waals surface area contributed by atoms with Crippen LogP contribution in [0.2, 0.25) is 0 Å². The molecule has 0 radical (unpaired) electrons. The molecule has 6 aromatic heterocycles. The quantitative estimate of drug-likeness (QED) is 0.0302. The summed E-state index contributed by atoms with van der Waals surface area (Å²) >= 11 is 0. The fourth-order valence-electron chi connectivity index (χ4n) is 7.24. The van der Waals surface area contributed by atoms with Crippen LogP contribution in [0.3, 0.4) is 0 Å². The monoisotopic (exact) mass is 1030 g/mol. The van der Waals surface area contributed by atoms with E-state index in [1.54, 1.807) is 83.5 Å². The van der Waals surface area contributed by atoms with Gasteiger partial charge in [0.15, 0.2) is 34.9 Å². The van der Waals surface area contributed by atoms with E-state index in [-0.39, 0.29) is 78.2 Å². The Morgan fingerprint density at radius 3 is 1.50 bits per heavy atom. The highest BCUT2D eigenvalue weighted by molar-refractivity contribution is 7.92. The molecule has 0 aliphatic rings. The van der Waals surface area contributed by atoms with Crippen LogP contribution in [0.1, 0.15) is 22.3 Å². The largest absolute Gasteiger partial charge is 0.506 e. The van der Waals surface area contributed by atoms with Gasteiger partial charge in [0.05, 0.1) is 54.5 Å². The maximum Gasteiger partial charge on any atom is 0.229 e. The molecule has 376 valence electrons. The Labute approximate surface area is 417 Å². The predicted molar refractivity (Wildman–Crippen MR) is 262 cm³/mol. The predicted octanol–water partition coefficient (Wildman–Crippen LogP) is 8.23. The Morgan fingerprint density at radius 2 is 1.07 bits per heavy atom. The second kappa shape index (κ2) is 21.4. The van der Waals surface area contributed by atoms with Crippen molar-refractivity contribution in [2.45, 2.75) is 26.2 Å². The van der Waals surface area contributed by atoms with E-state index >= 15 is 0 Å². The minimum atomic E-state index is -3.57. The molecule has 6 heterocycles. The van der Waals surface area contributed by atoms with Crippen molar-refractivity contribution in [3.05, 3.63) is 180 Å². The summed E-state index contributed by atoms with van der Waals surface area (Å²) < 4.78 is 95.6. The molecule has 0 bridgehead atoms. The van der Waals surface area contributed by atoms with E-state index in [0.717, 1.165) is 18.6 Å². The number of halogens is 4. The third-order valence-electron chi connectivity index (χ3n) is 10.8. The summed E-state index contributed by atoms with van der Waals surface area (Å²) in [6.45, 7) is 0.468. The highest BCUT2D eigenvalue weighted by Crippen LogP contribution is 2.30. The van der Waals surface area contributed by atoms with Crippen molar-refractivity contribution in [3.63, 3.8) is 0 Å². The van der Waals surface area contributed by atoms with Crippen molar-refractivity contribution in [2.75, 3.05) is 27.3 Å². The molecular weight excluding hydrogens is 989 g/mol. The third-order valence-corrected chi connectivity index (χ3v) is 11.4. The number of hydrogen-bond donors (Lipinski definition) is 6. The van der Waals surface area contributed by atoms with Gasteiger partial charge in [-0.1, -0.05) is 58.8 Å². The molecule has 7 N–H and O–H groups in total. The second-order valence-electron chi connectivity index (χ2n) is 16.2. The van der Waals surface area contributed by atoms with Crippen LogP contribution in [0, 0.1) is 23.3 Å². The van der Waals surface area contributed by atoms with Gasteiger partial charge in [-0.15, -0.1) is 0 Å². The van der Waals surface area contributed by atoms with E-state index in [2.05, 4.69) is 55.8 Å². The van der Waals surface area contributed by atoms with Gasteiger partial charge < -0.3 is 35.6 Å². The molecule has 20 nitrogen and oxygen atoms in total. The molecule has 0 saturated carbocycles. The number of sulfonamides is 1. The first kappa shape index (κ1) is 49.3. The Bertz CT molecular complexity index is 3710. The van der Waals surface area contributed by atoms with E-state index in [9.17, 15) is 36.2 Å². The minimum Gasteiger partial charge on any atom is -0.506 e. The van der Waals surface area contributed by atoms with Crippen LogP contribution in [-0.4, -0.2) is 74.7 Å². The van der Waals surface area contributed by atoms with E-state index < -0.39 is 27.5 Å². The van der Waals surface area contributed by atoms with E-state index in [1.165, 1.54) is 47.5 Å². The zero-order valence-corrected chi connectivity index (χ0v) is 39.3. The molecule has 0 unspecified atom stereocenters. The SMILES string of the molecule is CS(=O)(=O)Nc1ccc(CNc2nc(-c3cc(-c4ccon4)n(Cc4ccccc4F)n3)ncc2F)cc1O.Nc1ccc(CNc2nc(-c3cc(-c4ccon4)n(Cc4ccccc4F)n3)ncc2F)cc1O. The first-order chi connectivity index (χ1) is 35.6. The lowest BCUT2D eigenvalue weighted by Gasteiger charge is -2.10. The number of hydrogen-bond acceptors (Lipinski definition) is 17. The number of nitrogens with two attached hydrogens (primary N) is 1. The summed E-state index contributed by atoms with van der Waals surface area (Å²) in [5, 5.41) is 42.6. The molecule has 0 amide bonds. The van der Waals surface area contributed by atoms with Crippen molar-refractivity contribution in [1.29, 1.82) is 0 Å². The van der Waals surface area contributed by atoms with E-state index in [0.29, 0.717) is 56.4 Å². The number of aromatic hydroxyl groups is 2. The molecule has 0 saturated heterocycles. The number of nitrogens with zero attached hydrogens (tertiary/aromatic N) is 10. The maximum absolute atomic E-state index is 14.6. The highest BCUT2D eigenvalue weighted by atomic mass is 32.2. The number of benzene rings is 4. The average Bonchev–Trinajstić information content (AvgIpc) is 4.23. The standard InChI is InChI=1S/C25H21F2N7O4S.C24H19F2N7O2/c1-39(36,37)33-20-7-6-15(10-23(20)35)12-28-24-18(27)13-29-25(30-24)21-11-22(19-8-9-38-32-19)34(31-21)14-16-4-2-3-5-17(16)26;25-16-4-2-1-3-15(16)13-33-21(19-7-8-35-32-19)10-20(31-33)24-29-12-17(26)23(30-24)28-11-14-5-6-18(27)22(34)9-14/h2-11,13,33,35H,12,14H2,1H3,(H,28,29,30);1-10,12,34H,11,13,27H2,(H,28,29,30). The lowest BCUT2D eigenvalue weighted by atomic mass is 10.2. The molecule has 0 aliphatic heterocycles. The van der Waals surface area contributed by atoms with Crippen molar-refractivity contribution in [2.24, 2.45) is 0 Å². The third kappa shape index (κ3) is 11.7. The highest BCUT2D eigenvalue weighted by Gasteiger charge is 2.21. The molecule has 0 atom stereocenters. The first-order valence-electron chi connectivity index (χ1n) is 22.0. The van der Waals surface area contributed by atoms with Gasteiger partial charge in [-0.3, -0.25) is 14.1 Å². The maximum atomic E-state index is 14.6. The van der Waals surface area contributed by atoms with Crippen LogP contribution >= 0.6 is 0 Å². The molecule has 0 aliphatic carbocycles. The fourth-order valence-corrected chi connectivity index (χ4v) is 7.82. The minimum absolute atomic E-state index is 0.0191. The topological polar surface area (TPSA) is 276 Å². The summed E-state index contributed by atoms with van der Waals surface area (Å²) in [6, 6.07) is 28.3. The zero-order valence-electron chi connectivity index (χ0n) is 38.5. The smallest absolute Gasteiger partial charge is 0.229 e. The van der Waals surface area contributed by atoms with Gasteiger partial charge >= 0.3 is 0 Å². The summed E-state index contributed by atoms with van der Waals surface area (Å²) in [5.41, 5.74) is 10.6.